The van der Waals surface area contributed by atoms with Gasteiger partial charge in [0.05, 0.1) is 16.8 Å². The van der Waals surface area contributed by atoms with Crippen molar-refractivity contribution >= 4 is 38.4 Å². The van der Waals surface area contributed by atoms with Gasteiger partial charge in [0.15, 0.2) is 0 Å². The number of anilines is 1. The molecular weight excluding hydrogens is 436 g/mol. The van der Waals surface area contributed by atoms with E-state index < -0.39 is 0 Å². The van der Waals surface area contributed by atoms with Gasteiger partial charge in [-0.25, -0.2) is 4.98 Å². The van der Waals surface area contributed by atoms with Crippen LogP contribution in [0.1, 0.15) is 32.6 Å². The van der Waals surface area contributed by atoms with Crippen molar-refractivity contribution in [3.8, 4) is 11.3 Å². The highest BCUT2D eigenvalue weighted by Crippen LogP contribution is 2.32. The lowest BCUT2D eigenvalue weighted by molar-refractivity contribution is 0.102. The van der Waals surface area contributed by atoms with Gasteiger partial charge in [0.1, 0.15) is 0 Å². The maximum Gasteiger partial charge on any atom is 0.256 e. The number of amides is 1. The fraction of sp³-hybridized carbons (Fsp3) is 0.154. The van der Waals surface area contributed by atoms with Crippen LogP contribution in [-0.2, 0) is 0 Å². The van der Waals surface area contributed by atoms with Gasteiger partial charge in [0.25, 0.3) is 5.91 Å². The number of nitrogens with one attached hydrogen (secondary N) is 1. The Labute approximate surface area is 185 Å². The third kappa shape index (κ3) is 3.88. The highest BCUT2D eigenvalue weighted by atomic mass is 79.9. The van der Waals surface area contributed by atoms with Crippen LogP contribution in [0.2, 0.25) is 0 Å². The lowest BCUT2D eigenvalue weighted by Crippen LogP contribution is -2.15. The fourth-order valence-corrected chi connectivity index (χ4v) is 4.09. The topological polar surface area (TPSA) is 42.0 Å². The number of fused-ring (bicyclic) bond motifs is 1. The summed E-state index contributed by atoms with van der Waals surface area (Å²) in [5, 5.41) is 3.94. The Morgan fingerprint density at radius 2 is 1.53 bits per heavy atom. The van der Waals surface area contributed by atoms with E-state index in [4.69, 9.17) is 4.98 Å². The van der Waals surface area contributed by atoms with Crippen LogP contribution in [0, 0.1) is 27.7 Å². The molecule has 0 saturated heterocycles. The van der Waals surface area contributed by atoms with Crippen LogP contribution >= 0.6 is 15.9 Å². The van der Waals surface area contributed by atoms with Crippen LogP contribution in [0.3, 0.4) is 0 Å². The zero-order chi connectivity index (χ0) is 21.4. The number of nitrogens with zero attached hydrogens (tertiary/aromatic N) is 1. The predicted octanol–water partition coefficient (Wildman–Crippen LogP) is 7.15. The average Bonchev–Trinajstić information content (AvgIpc) is 2.70. The van der Waals surface area contributed by atoms with Gasteiger partial charge < -0.3 is 5.32 Å². The smallest absolute Gasteiger partial charge is 0.256 e. The number of hydrogen-bond donors (Lipinski definition) is 1. The normalized spacial score (nSPS) is 11.0. The number of halogens is 1. The molecule has 0 spiro atoms. The molecule has 3 aromatic carbocycles. The van der Waals surface area contributed by atoms with Gasteiger partial charge in [-0.1, -0.05) is 57.4 Å². The molecule has 0 aliphatic heterocycles. The van der Waals surface area contributed by atoms with Crippen molar-refractivity contribution in [3.63, 3.8) is 0 Å². The summed E-state index contributed by atoms with van der Waals surface area (Å²) in [5.41, 5.74) is 8.40. The van der Waals surface area contributed by atoms with Crippen LogP contribution in [0.15, 0.2) is 65.1 Å². The van der Waals surface area contributed by atoms with Crippen molar-refractivity contribution in [3.05, 3.63) is 93.0 Å². The lowest BCUT2D eigenvalue weighted by Gasteiger charge is -2.17. The summed E-state index contributed by atoms with van der Waals surface area (Å²) >= 11 is 3.44. The van der Waals surface area contributed by atoms with Crippen molar-refractivity contribution in [1.82, 2.24) is 4.98 Å². The minimum absolute atomic E-state index is 0.124. The Hall–Kier alpha value is -2.98. The van der Waals surface area contributed by atoms with Crippen LogP contribution in [0.5, 0.6) is 0 Å². The summed E-state index contributed by atoms with van der Waals surface area (Å²) < 4.78 is 0.971. The van der Waals surface area contributed by atoms with Crippen molar-refractivity contribution in [1.29, 1.82) is 0 Å². The first-order valence-electron chi connectivity index (χ1n) is 9.89. The van der Waals surface area contributed by atoms with Crippen LogP contribution in [-0.4, -0.2) is 10.9 Å². The molecule has 1 amide bonds. The molecule has 4 aromatic rings. The van der Waals surface area contributed by atoms with E-state index in [2.05, 4.69) is 64.6 Å². The number of carbonyl (C=O) groups excluding carboxylic acids is 1. The second kappa shape index (κ2) is 8.04. The number of pyridine rings is 1. The summed E-state index contributed by atoms with van der Waals surface area (Å²) in [7, 11) is 0. The molecule has 4 rings (SSSR count). The minimum Gasteiger partial charge on any atom is -0.322 e. The summed E-state index contributed by atoms with van der Waals surface area (Å²) in [6.45, 7) is 8.14. The van der Waals surface area contributed by atoms with Gasteiger partial charge in [-0.3, -0.25) is 4.79 Å². The number of carbonyl (C=O) groups is 1. The molecule has 1 heterocycles. The van der Waals surface area contributed by atoms with Crippen LogP contribution in [0.4, 0.5) is 5.69 Å². The Morgan fingerprint density at radius 1 is 0.867 bits per heavy atom. The molecule has 0 bridgehead atoms. The zero-order valence-electron chi connectivity index (χ0n) is 17.5. The molecule has 0 aliphatic rings. The summed E-state index contributed by atoms with van der Waals surface area (Å²) in [6, 6.07) is 20.0. The fourth-order valence-electron chi connectivity index (χ4n) is 3.83. The first-order valence-corrected chi connectivity index (χ1v) is 10.7. The summed E-state index contributed by atoms with van der Waals surface area (Å²) in [6.07, 6.45) is 0. The highest BCUT2D eigenvalue weighted by Gasteiger charge is 2.20. The largest absolute Gasteiger partial charge is 0.322 e. The van der Waals surface area contributed by atoms with Gasteiger partial charge in [-0.2, -0.15) is 0 Å². The summed E-state index contributed by atoms with van der Waals surface area (Å²) in [4.78, 5) is 18.4. The van der Waals surface area contributed by atoms with Crippen molar-refractivity contribution in [2.45, 2.75) is 27.7 Å². The maximum absolute atomic E-state index is 13.4. The first kappa shape index (κ1) is 20.3. The molecule has 3 nitrogen and oxygen atoms in total. The third-order valence-electron chi connectivity index (χ3n) is 5.32. The Kier molecular flexibility index (Phi) is 5.44. The van der Waals surface area contributed by atoms with Crippen molar-refractivity contribution in [2.24, 2.45) is 0 Å². The molecule has 0 unspecified atom stereocenters. The van der Waals surface area contributed by atoms with Crippen molar-refractivity contribution in [2.75, 3.05) is 5.32 Å². The first-order chi connectivity index (χ1) is 14.3. The van der Waals surface area contributed by atoms with Gasteiger partial charge in [0, 0.05) is 21.1 Å². The molecule has 0 saturated carbocycles. The molecule has 0 atom stereocenters. The second-order valence-corrected chi connectivity index (χ2v) is 8.68. The monoisotopic (exact) mass is 458 g/mol. The predicted molar refractivity (Wildman–Crippen MR) is 128 cm³/mol. The minimum atomic E-state index is -0.124. The molecule has 1 aromatic heterocycles. The molecule has 4 heteroatoms. The van der Waals surface area contributed by atoms with E-state index in [9.17, 15) is 4.79 Å². The van der Waals surface area contributed by atoms with E-state index in [1.807, 2.05) is 45.0 Å². The average molecular weight is 459 g/mol. The zero-order valence-corrected chi connectivity index (χ0v) is 19.1. The Bertz CT molecular complexity index is 1260. The molecule has 150 valence electrons. The van der Waals surface area contributed by atoms with E-state index >= 15 is 0 Å². The van der Waals surface area contributed by atoms with Gasteiger partial charge >= 0.3 is 0 Å². The third-order valence-corrected chi connectivity index (χ3v) is 5.85. The maximum atomic E-state index is 13.4. The van der Waals surface area contributed by atoms with Gasteiger partial charge in [-0.05, 0) is 69.2 Å². The van der Waals surface area contributed by atoms with E-state index in [-0.39, 0.29) is 5.91 Å². The Morgan fingerprint density at radius 3 is 2.20 bits per heavy atom. The van der Waals surface area contributed by atoms with E-state index in [1.165, 1.54) is 5.56 Å². The SMILES string of the molecule is Cc1ccc(-c2nc3c(C)cc(C)cc3c(C(=O)Nc3ccc(Br)cc3)c2C)cc1. The van der Waals surface area contributed by atoms with E-state index in [0.29, 0.717) is 5.56 Å². The van der Waals surface area contributed by atoms with E-state index in [0.717, 1.165) is 49.0 Å². The second-order valence-electron chi connectivity index (χ2n) is 7.77. The number of hydrogen-bond acceptors (Lipinski definition) is 2. The highest BCUT2D eigenvalue weighted by molar-refractivity contribution is 9.10. The molecule has 30 heavy (non-hydrogen) atoms. The van der Waals surface area contributed by atoms with Crippen LogP contribution < -0.4 is 5.32 Å². The van der Waals surface area contributed by atoms with Gasteiger partial charge in [0.2, 0.25) is 0 Å². The van der Waals surface area contributed by atoms with Crippen LogP contribution in [0.25, 0.3) is 22.2 Å². The number of rotatable bonds is 3. The molecule has 0 fully saturated rings. The molecule has 0 aliphatic carbocycles. The Balaban J connectivity index is 1.93. The van der Waals surface area contributed by atoms with Gasteiger partial charge in [-0.15, -0.1) is 0 Å². The quantitative estimate of drug-likeness (QED) is 0.354. The number of benzene rings is 3. The lowest BCUT2D eigenvalue weighted by atomic mass is 9.94. The molecule has 1 N–H and O–H groups in total. The van der Waals surface area contributed by atoms with E-state index in [1.54, 1.807) is 0 Å². The number of aromatic nitrogens is 1. The standard InChI is InChI=1S/C26H23BrN2O/c1-15-5-7-19(8-6-15)25-18(4)23(22-14-16(2)13-17(3)24(22)29-25)26(30)28-21-11-9-20(27)10-12-21/h5-14H,1-4H3,(H,28,30). The van der Waals surface area contributed by atoms with Crippen molar-refractivity contribution < 1.29 is 4.79 Å². The molecular formula is C26H23BrN2O. The molecule has 0 radical (unpaired) electrons. The number of aryl methyl sites for hydroxylation is 3. The summed E-state index contributed by atoms with van der Waals surface area (Å²) in [5.74, 6) is -0.124.